The number of benzene rings is 2. The SMILES string of the molecule is CCCOc1ccc(C2/C(=C(\O)c3cc(C(C)C)c(OC)cc3C)C(=O)C(=O)N2C2CCCC2)cc1. The van der Waals surface area contributed by atoms with Gasteiger partial charge in [0.1, 0.15) is 17.3 Å². The van der Waals surface area contributed by atoms with E-state index in [1.807, 2.05) is 43.3 Å². The summed E-state index contributed by atoms with van der Waals surface area (Å²) in [5, 5.41) is 11.6. The molecule has 0 aromatic heterocycles. The third-order valence-corrected chi connectivity index (χ3v) is 7.32. The Morgan fingerprint density at radius 3 is 2.36 bits per heavy atom. The number of Topliss-reactive ketones (excluding diaryl/α,β-unsaturated/α-hetero) is 1. The highest BCUT2D eigenvalue weighted by atomic mass is 16.5. The Kier molecular flexibility index (Phi) is 7.72. The van der Waals surface area contributed by atoms with Crippen molar-refractivity contribution in [1.29, 1.82) is 0 Å². The summed E-state index contributed by atoms with van der Waals surface area (Å²) in [5.74, 6) is 0.342. The molecule has 2 aromatic rings. The molecule has 4 rings (SSSR count). The topological polar surface area (TPSA) is 76.1 Å². The molecule has 36 heavy (non-hydrogen) atoms. The van der Waals surface area contributed by atoms with Gasteiger partial charge in [0, 0.05) is 11.6 Å². The van der Waals surface area contributed by atoms with Crippen LogP contribution in [0.5, 0.6) is 11.5 Å². The fraction of sp³-hybridized carbons (Fsp3) is 0.467. The van der Waals surface area contributed by atoms with E-state index >= 15 is 0 Å². The predicted octanol–water partition coefficient (Wildman–Crippen LogP) is 6.28. The number of nitrogens with zero attached hydrogens (tertiary/aromatic N) is 1. The Hall–Kier alpha value is -3.28. The number of aliphatic hydroxyl groups is 1. The molecule has 1 aliphatic heterocycles. The van der Waals surface area contributed by atoms with Crippen LogP contribution in [-0.4, -0.2) is 41.5 Å². The first-order chi connectivity index (χ1) is 17.3. The van der Waals surface area contributed by atoms with Crippen molar-refractivity contribution in [2.24, 2.45) is 0 Å². The van der Waals surface area contributed by atoms with Crippen molar-refractivity contribution in [2.75, 3.05) is 13.7 Å². The van der Waals surface area contributed by atoms with E-state index in [9.17, 15) is 14.7 Å². The van der Waals surface area contributed by atoms with Crippen LogP contribution >= 0.6 is 0 Å². The summed E-state index contributed by atoms with van der Waals surface area (Å²) >= 11 is 0. The van der Waals surface area contributed by atoms with Gasteiger partial charge < -0.3 is 19.5 Å². The molecule has 2 aliphatic rings. The third-order valence-electron chi connectivity index (χ3n) is 7.32. The summed E-state index contributed by atoms with van der Waals surface area (Å²) < 4.78 is 11.3. The fourth-order valence-corrected chi connectivity index (χ4v) is 5.43. The zero-order chi connectivity index (χ0) is 26.0. The van der Waals surface area contributed by atoms with Gasteiger partial charge in [0.2, 0.25) is 0 Å². The number of hydrogen-bond acceptors (Lipinski definition) is 5. The van der Waals surface area contributed by atoms with E-state index in [-0.39, 0.29) is 23.3 Å². The van der Waals surface area contributed by atoms with Gasteiger partial charge >= 0.3 is 0 Å². The maximum absolute atomic E-state index is 13.5. The fourth-order valence-electron chi connectivity index (χ4n) is 5.43. The van der Waals surface area contributed by atoms with Crippen LogP contribution in [0.2, 0.25) is 0 Å². The molecule has 0 spiro atoms. The molecular formula is C30H37NO5. The van der Waals surface area contributed by atoms with Crippen molar-refractivity contribution in [3.8, 4) is 11.5 Å². The molecule has 6 heteroatoms. The molecule has 1 atom stereocenters. The highest BCUT2D eigenvalue weighted by Gasteiger charge is 2.49. The van der Waals surface area contributed by atoms with Gasteiger partial charge in [-0.2, -0.15) is 0 Å². The van der Waals surface area contributed by atoms with Gasteiger partial charge in [-0.3, -0.25) is 9.59 Å². The molecule has 2 fully saturated rings. The molecule has 6 nitrogen and oxygen atoms in total. The Morgan fingerprint density at radius 2 is 1.78 bits per heavy atom. The average molecular weight is 492 g/mol. The smallest absolute Gasteiger partial charge is 0.295 e. The largest absolute Gasteiger partial charge is 0.507 e. The number of rotatable bonds is 8. The third kappa shape index (κ3) is 4.73. The van der Waals surface area contributed by atoms with E-state index in [1.54, 1.807) is 12.0 Å². The number of aliphatic hydroxyl groups excluding tert-OH is 1. The number of ketones is 1. The van der Waals surface area contributed by atoms with Gasteiger partial charge in [-0.25, -0.2) is 0 Å². The molecular weight excluding hydrogens is 454 g/mol. The average Bonchev–Trinajstić information content (AvgIpc) is 3.49. The molecule has 0 radical (unpaired) electrons. The first kappa shape index (κ1) is 25.8. The lowest BCUT2D eigenvalue weighted by Gasteiger charge is -2.31. The second kappa shape index (κ2) is 10.8. The minimum absolute atomic E-state index is 0.0176. The van der Waals surface area contributed by atoms with Gasteiger partial charge in [-0.05, 0) is 73.1 Å². The van der Waals surface area contributed by atoms with E-state index < -0.39 is 17.7 Å². The van der Waals surface area contributed by atoms with Gasteiger partial charge in [-0.15, -0.1) is 0 Å². The number of ether oxygens (including phenoxy) is 2. The van der Waals surface area contributed by atoms with Crippen molar-refractivity contribution >= 4 is 17.4 Å². The molecule has 2 aromatic carbocycles. The van der Waals surface area contributed by atoms with E-state index in [1.165, 1.54) is 0 Å². The Bertz CT molecular complexity index is 1160. The zero-order valence-corrected chi connectivity index (χ0v) is 22.0. The van der Waals surface area contributed by atoms with Gasteiger partial charge in [0.15, 0.2) is 0 Å². The van der Waals surface area contributed by atoms with Crippen LogP contribution in [0.15, 0.2) is 42.0 Å². The first-order valence-electron chi connectivity index (χ1n) is 13.0. The summed E-state index contributed by atoms with van der Waals surface area (Å²) in [5.41, 5.74) is 3.21. The Balaban J connectivity index is 1.87. The molecule has 1 N–H and O–H groups in total. The van der Waals surface area contributed by atoms with Crippen molar-refractivity contribution in [3.05, 3.63) is 64.2 Å². The molecule has 1 aliphatic carbocycles. The van der Waals surface area contributed by atoms with Gasteiger partial charge in [0.05, 0.1) is 25.3 Å². The van der Waals surface area contributed by atoms with Gasteiger partial charge in [-0.1, -0.05) is 45.7 Å². The van der Waals surface area contributed by atoms with E-state index in [0.717, 1.165) is 60.3 Å². The van der Waals surface area contributed by atoms with E-state index in [4.69, 9.17) is 9.47 Å². The Morgan fingerprint density at radius 1 is 1.11 bits per heavy atom. The summed E-state index contributed by atoms with van der Waals surface area (Å²) in [4.78, 5) is 28.6. The predicted molar refractivity (Wildman–Crippen MR) is 140 cm³/mol. The molecule has 1 saturated carbocycles. The van der Waals surface area contributed by atoms with Crippen LogP contribution in [0.1, 0.15) is 87.1 Å². The normalized spacial score (nSPS) is 19.9. The molecule has 1 heterocycles. The second-order valence-corrected chi connectivity index (χ2v) is 10.1. The number of hydrogen-bond donors (Lipinski definition) is 1. The van der Waals surface area contributed by atoms with Crippen LogP contribution < -0.4 is 9.47 Å². The number of likely N-dealkylation sites (tertiary alicyclic amines) is 1. The molecule has 0 bridgehead atoms. The number of carbonyl (C=O) groups is 2. The van der Waals surface area contributed by atoms with Crippen LogP contribution in [-0.2, 0) is 9.59 Å². The van der Waals surface area contributed by atoms with Crippen LogP contribution in [0.4, 0.5) is 0 Å². The number of methoxy groups -OCH3 is 1. The highest BCUT2D eigenvalue weighted by Crippen LogP contribution is 2.44. The number of amides is 1. The molecule has 1 amide bonds. The maximum Gasteiger partial charge on any atom is 0.295 e. The molecule has 192 valence electrons. The van der Waals surface area contributed by atoms with E-state index in [0.29, 0.717) is 12.2 Å². The summed E-state index contributed by atoms with van der Waals surface area (Å²) in [6.07, 6.45) is 4.68. The van der Waals surface area contributed by atoms with Gasteiger partial charge in [0.25, 0.3) is 11.7 Å². The van der Waals surface area contributed by atoms with Crippen LogP contribution in [0.3, 0.4) is 0 Å². The van der Waals surface area contributed by atoms with Crippen molar-refractivity contribution in [3.63, 3.8) is 0 Å². The van der Waals surface area contributed by atoms with E-state index in [2.05, 4.69) is 20.8 Å². The maximum atomic E-state index is 13.5. The van der Waals surface area contributed by atoms with Crippen molar-refractivity contribution < 1.29 is 24.2 Å². The van der Waals surface area contributed by atoms with Crippen LogP contribution in [0.25, 0.3) is 5.76 Å². The lowest BCUT2D eigenvalue weighted by molar-refractivity contribution is -0.141. The Labute approximate surface area is 213 Å². The monoisotopic (exact) mass is 491 g/mol. The first-order valence-corrected chi connectivity index (χ1v) is 13.0. The summed E-state index contributed by atoms with van der Waals surface area (Å²) in [6, 6.07) is 10.6. The van der Waals surface area contributed by atoms with Crippen molar-refractivity contribution in [1.82, 2.24) is 4.90 Å². The zero-order valence-electron chi connectivity index (χ0n) is 22.0. The quantitative estimate of drug-likeness (QED) is 0.267. The van der Waals surface area contributed by atoms with Crippen LogP contribution in [0, 0.1) is 6.92 Å². The standard InChI is InChI=1S/C30H37NO5/c1-6-15-36-22-13-11-20(12-14-22)27-26(29(33)30(34)31(27)21-9-7-8-10-21)28(32)24-17-23(18(2)3)25(35-5)16-19(24)4/h11-14,16-18,21,27,32H,6-10,15H2,1-5H3/b28-26+. The molecule has 1 unspecified atom stereocenters. The summed E-state index contributed by atoms with van der Waals surface area (Å²) in [6.45, 7) is 8.66. The van der Waals surface area contributed by atoms with Crippen molar-refractivity contribution in [2.45, 2.75) is 77.8 Å². The minimum atomic E-state index is -0.641. The number of aryl methyl sites for hydroxylation is 1. The minimum Gasteiger partial charge on any atom is -0.507 e. The molecule has 1 saturated heterocycles. The number of carbonyl (C=O) groups excluding carboxylic acids is 2. The highest BCUT2D eigenvalue weighted by molar-refractivity contribution is 6.46. The summed E-state index contributed by atoms with van der Waals surface area (Å²) in [7, 11) is 1.63. The second-order valence-electron chi connectivity index (χ2n) is 10.1. The lowest BCUT2D eigenvalue weighted by Crippen LogP contribution is -2.37. The lowest BCUT2D eigenvalue weighted by atomic mass is 9.90.